The fourth-order valence-electron chi connectivity index (χ4n) is 3.05. The van der Waals surface area contributed by atoms with E-state index in [0.29, 0.717) is 17.7 Å². The monoisotopic (exact) mass is 388 g/mol. The van der Waals surface area contributed by atoms with Crippen molar-refractivity contribution in [1.82, 2.24) is 4.98 Å². The highest BCUT2D eigenvalue weighted by atomic mass is 35.5. The fourth-order valence-corrected chi connectivity index (χ4v) is 3.67. The molecule has 0 amide bonds. The molecule has 0 saturated carbocycles. The summed E-state index contributed by atoms with van der Waals surface area (Å²) in [6.07, 6.45) is 2.36. The molecule has 1 atom stereocenters. The van der Waals surface area contributed by atoms with Crippen molar-refractivity contribution in [3.05, 3.63) is 61.9 Å². The van der Waals surface area contributed by atoms with Crippen molar-refractivity contribution in [1.29, 1.82) is 5.26 Å². The van der Waals surface area contributed by atoms with Gasteiger partial charge >= 0.3 is 5.97 Å². The molecule has 7 heteroatoms. The summed E-state index contributed by atoms with van der Waals surface area (Å²) in [6, 6.07) is 6.74. The van der Waals surface area contributed by atoms with Crippen molar-refractivity contribution >= 4 is 41.0 Å². The zero-order chi connectivity index (χ0) is 19.0. The minimum absolute atomic E-state index is 0.0342. The lowest BCUT2D eigenvalue weighted by molar-refractivity contribution is 0.0601. The SMILES string of the molecule is COC(=O)c1ccc(Cl)c(C(=O)c2cc3c([nH]2)C=C(C#N)CC3C)c1Cl. The highest BCUT2D eigenvalue weighted by Gasteiger charge is 2.26. The third-order valence-corrected chi connectivity index (χ3v) is 5.08. The first-order valence-corrected chi connectivity index (χ1v) is 8.57. The number of nitrogens with one attached hydrogen (secondary N) is 1. The zero-order valence-electron chi connectivity index (χ0n) is 14.0. The van der Waals surface area contributed by atoms with Gasteiger partial charge in [-0.2, -0.15) is 5.26 Å². The van der Waals surface area contributed by atoms with Crippen LogP contribution in [0, 0.1) is 11.3 Å². The van der Waals surface area contributed by atoms with Gasteiger partial charge in [0.05, 0.1) is 40.0 Å². The van der Waals surface area contributed by atoms with E-state index in [0.717, 1.165) is 11.3 Å². The highest BCUT2D eigenvalue weighted by molar-refractivity contribution is 6.42. The lowest BCUT2D eigenvalue weighted by atomic mass is 9.88. The van der Waals surface area contributed by atoms with E-state index >= 15 is 0 Å². The minimum Gasteiger partial charge on any atom is -0.465 e. The van der Waals surface area contributed by atoms with Gasteiger partial charge in [0.15, 0.2) is 0 Å². The number of fused-ring (bicyclic) bond motifs is 1. The van der Waals surface area contributed by atoms with Crippen molar-refractivity contribution in [3.8, 4) is 6.07 Å². The number of carbonyl (C=O) groups excluding carboxylic acids is 2. The Balaban J connectivity index is 2.09. The van der Waals surface area contributed by atoms with Crippen LogP contribution in [0.4, 0.5) is 0 Å². The van der Waals surface area contributed by atoms with Crippen molar-refractivity contribution < 1.29 is 14.3 Å². The number of rotatable bonds is 3. The maximum atomic E-state index is 13.0. The van der Waals surface area contributed by atoms with Gasteiger partial charge in [-0.3, -0.25) is 4.79 Å². The van der Waals surface area contributed by atoms with E-state index in [4.69, 9.17) is 28.5 Å². The molecular weight excluding hydrogens is 375 g/mol. The Bertz CT molecular complexity index is 999. The van der Waals surface area contributed by atoms with Crippen LogP contribution in [-0.2, 0) is 4.74 Å². The number of hydrogen-bond acceptors (Lipinski definition) is 4. The number of methoxy groups -OCH3 is 1. The zero-order valence-corrected chi connectivity index (χ0v) is 15.5. The number of nitrogens with zero attached hydrogens (tertiary/aromatic N) is 1. The highest BCUT2D eigenvalue weighted by Crippen LogP contribution is 2.36. The van der Waals surface area contributed by atoms with Gasteiger partial charge in [0, 0.05) is 11.3 Å². The van der Waals surface area contributed by atoms with Crippen LogP contribution in [0.5, 0.6) is 0 Å². The second kappa shape index (κ2) is 6.99. The van der Waals surface area contributed by atoms with E-state index < -0.39 is 11.8 Å². The Kier molecular flexibility index (Phi) is 4.90. The number of allylic oxidation sites excluding steroid dienone is 1. The molecule has 0 saturated heterocycles. The second-order valence-corrected chi connectivity index (χ2v) is 6.83. The molecule has 0 radical (unpaired) electrons. The van der Waals surface area contributed by atoms with Gasteiger partial charge in [0.1, 0.15) is 0 Å². The third-order valence-electron chi connectivity index (χ3n) is 4.37. The molecule has 1 aromatic heterocycles. The summed E-state index contributed by atoms with van der Waals surface area (Å²) in [4.78, 5) is 27.8. The summed E-state index contributed by atoms with van der Waals surface area (Å²) in [6.45, 7) is 1.99. The van der Waals surface area contributed by atoms with Gasteiger partial charge < -0.3 is 9.72 Å². The van der Waals surface area contributed by atoms with Gasteiger partial charge in [-0.25, -0.2) is 4.79 Å². The average Bonchev–Trinajstić information content (AvgIpc) is 3.05. The van der Waals surface area contributed by atoms with Gasteiger partial charge in [0.2, 0.25) is 5.78 Å². The van der Waals surface area contributed by atoms with Gasteiger partial charge in [-0.05, 0) is 42.2 Å². The van der Waals surface area contributed by atoms with Crippen LogP contribution in [0.25, 0.3) is 6.08 Å². The van der Waals surface area contributed by atoms with Crippen LogP contribution >= 0.6 is 23.2 Å². The summed E-state index contributed by atoms with van der Waals surface area (Å²) in [5.41, 5.74) is 2.71. The predicted octanol–water partition coefficient (Wildman–Crippen LogP) is 4.75. The molecule has 2 aromatic rings. The first-order chi connectivity index (χ1) is 12.4. The van der Waals surface area contributed by atoms with E-state index in [1.165, 1.54) is 19.2 Å². The second-order valence-electron chi connectivity index (χ2n) is 6.04. The Morgan fingerprint density at radius 1 is 1.35 bits per heavy atom. The summed E-state index contributed by atoms with van der Waals surface area (Å²) in [5.74, 6) is -0.976. The number of aromatic amines is 1. The van der Waals surface area contributed by atoms with Crippen molar-refractivity contribution in [2.45, 2.75) is 19.3 Å². The predicted molar refractivity (Wildman–Crippen MR) is 98.6 cm³/mol. The first kappa shape index (κ1) is 18.2. The number of aromatic nitrogens is 1. The van der Waals surface area contributed by atoms with Crippen LogP contribution in [0.3, 0.4) is 0 Å². The fraction of sp³-hybridized carbons (Fsp3) is 0.211. The third kappa shape index (κ3) is 3.03. The molecule has 132 valence electrons. The van der Waals surface area contributed by atoms with Gasteiger partial charge in [-0.1, -0.05) is 30.1 Å². The molecular formula is C19H14Cl2N2O3. The molecule has 0 aliphatic heterocycles. The quantitative estimate of drug-likeness (QED) is 0.607. The summed E-state index contributed by atoms with van der Waals surface area (Å²) >= 11 is 12.4. The molecule has 5 nitrogen and oxygen atoms in total. The number of ether oxygens (including phenoxy) is 1. The normalized spacial score (nSPS) is 15.7. The maximum absolute atomic E-state index is 13.0. The first-order valence-electron chi connectivity index (χ1n) is 7.82. The van der Waals surface area contributed by atoms with Crippen LogP contribution < -0.4 is 0 Å². The lowest BCUT2D eigenvalue weighted by Crippen LogP contribution is -2.09. The molecule has 3 rings (SSSR count). The average molecular weight is 389 g/mol. The molecule has 0 bridgehead atoms. The van der Waals surface area contributed by atoms with Crippen molar-refractivity contribution in [2.24, 2.45) is 0 Å². The summed E-state index contributed by atoms with van der Waals surface area (Å²) in [7, 11) is 1.23. The minimum atomic E-state index is -0.651. The molecule has 1 aromatic carbocycles. The van der Waals surface area contributed by atoms with E-state index in [1.807, 2.05) is 6.92 Å². The van der Waals surface area contributed by atoms with Crippen LogP contribution in [-0.4, -0.2) is 23.8 Å². The number of ketones is 1. The van der Waals surface area contributed by atoms with Gasteiger partial charge in [0.25, 0.3) is 0 Å². The topological polar surface area (TPSA) is 83.0 Å². The van der Waals surface area contributed by atoms with Crippen molar-refractivity contribution in [2.75, 3.05) is 7.11 Å². The van der Waals surface area contributed by atoms with Crippen LogP contribution in [0.2, 0.25) is 10.0 Å². The largest absolute Gasteiger partial charge is 0.465 e. The molecule has 1 unspecified atom stereocenters. The van der Waals surface area contributed by atoms with E-state index in [2.05, 4.69) is 15.8 Å². The Hall–Kier alpha value is -2.55. The van der Waals surface area contributed by atoms with Crippen LogP contribution in [0.1, 0.15) is 56.9 Å². The number of H-pyrrole nitrogens is 1. The summed E-state index contributed by atoms with van der Waals surface area (Å²) < 4.78 is 4.68. The molecule has 1 heterocycles. The molecule has 1 N–H and O–H groups in total. The molecule has 0 fully saturated rings. The Morgan fingerprint density at radius 2 is 2.08 bits per heavy atom. The molecule has 0 spiro atoms. The lowest BCUT2D eigenvalue weighted by Gasteiger charge is -2.15. The number of esters is 1. The molecule has 1 aliphatic carbocycles. The number of hydrogen-bond donors (Lipinski definition) is 1. The number of benzene rings is 1. The van der Waals surface area contributed by atoms with E-state index in [9.17, 15) is 9.59 Å². The summed E-state index contributed by atoms with van der Waals surface area (Å²) in [5, 5.41) is 9.22. The standard InChI is InChI=1S/C19H14Cl2N2O3/c1-9-5-10(8-22)6-14-12(9)7-15(23-14)18(24)16-13(20)4-3-11(17(16)21)19(25)26-2/h3-4,6-7,9,23H,5H2,1-2H3. The Labute approximate surface area is 160 Å². The maximum Gasteiger partial charge on any atom is 0.339 e. The molecule has 1 aliphatic rings. The van der Waals surface area contributed by atoms with Crippen LogP contribution in [0.15, 0.2) is 23.8 Å². The van der Waals surface area contributed by atoms with Gasteiger partial charge in [-0.15, -0.1) is 0 Å². The number of carbonyl (C=O) groups is 2. The number of halogens is 2. The number of nitriles is 1. The van der Waals surface area contributed by atoms with Crippen molar-refractivity contribution in [3.63, 3.8) is 0 Å². The smallest absolute Gasteiger partial charge is 0.339 e. The van der Waals surface area contributed by atoms with E-state index in [-0.39, 0.29) is 27.1 Å². The van der Waals surface area contributed by atoms with E-state index in [1.54, 1.807) is 12.1 Å². The molecule has 26 heavy (non-hydrogen) atoms. The Morgan fingerprint density at radius 3 is 2.73 bits per heavy atom.